The number of nitrogens with zero attached hydrogens (tertiary/aromatic N) is 2. The second-order valence-corrected chi connectivity index (χ2v) is 4.02. The van der Waals surface area contributed by atoms with Crippen LogP contribution in [0, 0.1) is 5.82 Å². The monoisotopic (exact) mass is 278 g/mol. The van der Waals surface area contributed by atoms with Gasteiger partial charge in [-0.3, -0.25) is 4.68 Å². The lowest BCUT2D eigenvalue weighted by Crippen LogP contribution is -2.07. The number of rotatable bonds is 1. The Kier molecular flexibility index (Phi) is 3.06. The number of hydrogen-bond acceptors (Lipinski definition) is 1. The van der Waals surface area contributed by atoms with Crippen molar-refractivity contribution in [3.05, 3.63) is 40.8 Å². The van der Waals surface area contributed by atoms with Gasteiger partial charge >= 0.3 is 6.18 Å². The third-order valence-electron chi connectivity index (χ3n) is 2.36. The number of aryl methyl sites for hydroxylation is 1. The zero-order valence-electron chi connectivity index (χ0n) is 9.09. The van der Waals surface area contributed by atoms with E-state index in [-0.39, 0.29) is 11.3 Å². The van der Waals surface area contributed by atoms with Gasteiger partial charge in [-0.2, -0.15) is 18.3 Å². The van der Waals surface area contributed by atoms with Crippen LogP contribution < -0.4 is 0 Å². The molecule has 0 bridgehead atoms. The van der Waals surface area contributed by atoms with E-state index in [9.17, 15) is 17.6 Å². The van der Waals surface area contributed by atoms with Crippen molar-refractivity contribution in [2.24, 2.45) is 7.05 Å². The zero-order valence-corrected chi connectivity index (χ0v) is 9.85. The van der Waals surface area contributed by atoms with Gasteiger partial charge in [0.25, 0.3) is 0 Å². The molecule has 0 saturated heterocycles. The number of benzene rings is 1. The van der Waals surface area contributed by atoms with Gasteiger partial charge in [0.1, 0.15) is 5.82 Å². The fourth-order valence-corrected chi connectivity index (χ4v) is 2.00. The van der Waals surface area contributed by atoms with Gasteiger partial charge in [-0.15, -0.1) is 0 Å². The van der Waals surface area contributed by atoms with Crippen LogP contribution in [-0.2, 0) is 13.2 Å². The van der Waals surface area contributed by atoms with E-state index in [2.05, 4.69) is 5.10 Å². The molecule has 2 aromatic rings. The third-order valence-corrected chi connectivity index (χ3v) is 2.71. The second-order valence-electron chi connectivity index (χ2n) is 3.64. The second kappa shape index (κ2) is 4.28. The molecular weight excluding hydrogens is 272 g/mol. The highest BCUT2D eigenvalue weighted by atomic mass is 35.5. The average molecular weight is 279 g/mol. The van der Waals surface area contributed by atoms with Crippen LogP contribution in [0.25, 0.3) is 11.3 Å². The van der Waals surface area contributed by atoms with Gasteiger partial charge in [0.15, 0.2) is 5.69 Å². The predicted octanol–water partition coefficient (Wildman–Crippen LogP) is 3.90. The Bertz CT molecular complexity index is 589. The van der Waals surface area contributed by atoms with Crippen LogP contribution in [0.5, 0.6) is 0 Å². The Morgan fingerprint density at radius 1 is 1.28 bits per heavy atom. The van der Waals surface area contributed by atoms with Crippen molar-refractivity contribution in [1.29, 1.82) is 0 Å². The molecule has 0 unspecified atom stereocenters. The van der Waals surface area contributed by atoms with Gasteiger partial charge in [-0.1, -0.05) is 23.7 Å². The van der Waals surface area contributed by atoms with E-state index in [4.69, 9.17) is 11.6 Å². The third kappa shape index (κ3) is 2.20. The summed E-state index contributed by atoms with van der Waals surface area (Å²) >= 11 is 5.68. The quantitative estimate of drug-likeness (QED) is 0.724. The van der Waals surface area contributed by atoms with Crippen LogP contribution >= 0.6 is 11.6 Å². The van der Waals surface area contributed by atoms with Gasteiger partial charge in [0.2, 0.25) is 0 Å². The Hall–Kier alpha value is -1.56. The molecule has 0 saturated carbocycles. The number of halogens is 5. The molecule has 1 aromatic carbocycles. The minimum Gasteiger partial charge on any atom is -0.266 e. The number of hydrogen-bond donors (Lipinski definition) is 0. The first-order valence-electron chi connectivity index (χ1n) is 4.86. The van der Waals surface area contributed by atoms with Crippen molar-refractivity contribution < 1.29 is 17.6 Å². The van der Waals surface area contributed by atoms with E-state index in [1.807, 2.05) is 0 Å². The highest BCUT2D eigenvalue weighted by Crippen LogP contribution is 2.39. The van der Waals surface area contributed by atoms with E-state index in [1.165, 1.54) is 25.2 Å². The smallest absolute Gasteiger partial charge is 0.266 e. The molecule has 0 aliphatic rings. The van der Waals surface area contributed by atoms with Crippen LogP contribution in [0.15, 0.2) is 24.3 Å². The summed E-state index contributed by atoms with van der Waals surface area (Å²) in [6.45, 7) is 0. The molecule has 0 fully saturated rings. The summed E-state index contributed by atoms with van der Waals surface area (Å²) in [5.74, 6) is -0.557. The van der Waals surface area contributed by atoms with Crippen LogP contribution in [0.1, 0.15) is 5.69 Å². The van der Waals surface area contributed by atoms with E-state index < -0.39 is 22.7 Å². The molecule has 0 spiro atoms. The number of alkyl halides is 3. The molecule has 7 heteroatoms. The van der Waals surface area contributed by atoms with Gasteiger partial charge in [0.05, 0.1) is 10.7 Å². The molecule has 0 atom stereocenters. The lowest BCUT2D eigenvalue weighted by Gasteiger charge is -2.03. The minimum atomic E-state index is -4.64. The average Bonchev–Trinajstić information content (AvgIpc) is 2.54. The summed E-state index contributed by atoms with van der Waals surface area (Å²) in [6.07, 6.45) is -4.64. The maximum atomic E-state index is 13.1. The Balaban J connectivity index is 2.63. The fraction of sp³-hybridized carbons (Fsp3) is 0.182. The molecule has 1 heterocycles. The van der Waals surface area contributed by atoms with Gasteiger partial charge < -0.3 is 0 Å². The van der Waals surface area contributed by atoms with Gasteiger partial charge in [0, 0.05) is 12.6 Å². The van der Waals surface area contributed by atoms with Gasteiger partial charge in [-0.25, -0.2) is 4.39 Å². The Labute approximate surface area is 105 Å². The summed E-state index contributed by atoms with van der Waals surface area (Å²) in [6, 6.07) is 5.15. The van der Waals surface area contributed by atoms with Crippen LogP contribution in [0.3, 0.4) is 0 Å². The topological polar surface area (TPSA) is 17.8 Å². The molecule has 18 heavy (non-hydrogen) atoms. The first-order chi connectivity index (χ1) is 8.30. The maximum Gasteiger partial charge on any atom is 0.436 e. The predicted molar refractivity (Wildman–Crippen MR) is 58.6 cm³/mol. The molecule has 0 N–H and O–H groups in total. The van der Waals surface area contributed by atoms with Crippen molar-refractivity contribution in [2.75, 3.05) is 0 Å². The molecule has 0 aliphatic carbocycles. The van der Waals surface area contributed by atoms with E-state index in [0.717, 1.165) is 10.7 Å². The molecule has 1 aromatic heterocycles. The molecule has 96 valence electrons. The SMILES string of the molecule is Cn1nc(C(F)(F)F)c(Cl)c1-c1cccc(F)c1. The molecule has 2 nitrogen and oxygen atoms in total. The van der Waals surface area contributed by atoms with E-state index in [0.29, 0.717) is 0 Å². The molecule has 2 rings (SSSR count). The van der Waals surface area contributed by atoms with Crippen molar-refractivity contribution >= 4 is 11.6 Å². The first kappa shape index (κ1) is 12.9. The van der Waals surface area contributed by atoms with Crippen LogP contribution in [0.4, 0.5) is 17.6 Å². The lowest BCUT2D eigenvalue weighted by molar-refractivity contribution is -0.141. The Morgan fingerprint density at radius 3 is 2.44 bits per heavy atom. The first-order valence-corrected chi connectivity index (χ1v) is 5.24. The van der Waals surface area contributed by atoms with E-state index >= 15 is 0 Å². The lowest BCUT2D eigenvalue weighted by atomic mass is 10.1. The van der Waals surface area contributed by atoms with Crippen molar-refractivity contribution in [3.63, 3.8) is 0 Å². The zero-order chi connectivity index (χ0) is 13.5. The molecule has 0 aliphatic heterocycles. The van der Waals surface area contributed by atoms with E-state index in [1.54, 1.807) is 0 Å². The van der Waals surface area contributed by atoms with Crippen molar-refractivity contribution in [3.8, 4) is 11.3 Å². The van der Waals surface area contributed by atoms with Crippen LogP contribution in [-0.4, -0.2) is 9.78 Å². The normalized spacial score (nSPS) is 11.9. The molecular formula is C11H7ClF4N2. The highest BCUT2D eigenvalue weighted by Gasteiger charge is 2.38. The summed E-state index contributed by atoms with van der Waals surface area (Å²) in [5, 5.41) is 2.79. The fourth-order valence-electron chi connectivity index (χ4n) is 1.63. The van der Waals surface area contributed by atoms with Crippen molar-refractivity contribution in [1.82, 2.24) is 9.78 Å². The van der Waals surface area contributed by atoms with Crippen LogP contribution in [0.2, 0.25) is 5.02 Å². The highest BCUT2D eigenvalue weighted by molar-refractivity contribution is 6.33. The Morgan fingerprint density at radius 2 is 1.94 bits per heavy atom. The minimum absolute atomic E-state index is 0.0310. The summed E-state index contributed by atoms with van der Waals surface area (Å²) < 4.78 is 51.9. The van der Waals surface area contributed by atoms with Crippen molar-refractivity contribution in [2.45, 2.75) is 6.18 Å². The number of aromatic nitrogens is 2. The van der Waals surface area contributed by atoms with Gasteiger partial charge in [-0.05, 0) is 12.1 Å². The molecule has 0 radical (unpaired) electrons. The standard InChI is InChI=1S/C11H7ClF4N2/c1-18-9(6-3-2-4-7(13)5-6)8(12)10(17-18)11(14,15)16/h2-5H,1H3. The largest absolute Gasteiger partial charge is 0.436 e. The summed E-state index contributed by atoms with van der Waals surface area (Å²) in [4.78, 5) is 0. The maximum absolute atomic E-state index is 13.1. The summed E-state index contributed by atoms with van der Waals surface area (Å²) in [5.41, 5.74) is -0.903. The summed E-state index contributed by atoms with van der Waals surface area (Å²) in [7, 11) is 1.32. The molecule has 0 amide bonds.